The van der Waals surface area contributed by atoms with E-state index in [1.165, 1.54) is 4.88 Å². The van der Waals surface area contributed by atoms with Crippen molar-refractivity contribution < 1.29 is 9.84 Å². The summed E-state index contributed by atoms with van der Waals surface area (Å²) in [6.45, 7) is 5.12. The van der Waals surface area contributed by atoms with E-state index in [4.69, 9.17) is 4.74 Å². The SMILES string of the molecule is CCC(CC)(CO)NCc1sccc1OC. The summed E-state index contributed by atoms with van der Waals surface area (Å²) in [5.74, 6) is 0.927. The summed E-state index contributed by atoms with van der Waals surface area (Å²) >= 11 is 1.68. The molecular formula is C12H21NO2S. The fourth-order valence-electron chi connectivity index (χ4n) is 1.69. The summed E-state index contributed by atoms with van der Waals surface area (Å²) in [4.78, 5) is 1.18. The molecule has 4 heteroatoms. The van der Waals surface area contributed by atoms with Crippen LogP contribution < -0.4 is 10.1 Å². The van der Waals surface area contributed by atoms with Crippen LogP contribution in [0.2, 0.25) is 0 Å². The molecule has 1 aromatic heterocycles. The Morgan fingerprint density at radius 3 is 2.62 bits per heavy atom. The van der Waals surface area contributed by atoms with Crippen LogP contribution in [0.1, 0.15) is 31.6 Å². The number of methoxy groups -OCH3 is 1. The van der Waals surface area contributed by atoms with Crippen LogP contribution in [0.3, 0.4) is 0 Å². The second kappa shape index (κ2) is 6.23. The van der Waals surface area contributed by atoms with Crippen molar-refractivity contribution in [3.05, 3.63) is 16.3 Å². The van der Waals surface area contributed by atoms with Gasteiger partial charge in [0.1, 0.15) is 5.75 Å². The molecule has 0 spiro atoms. The fraction of sp³-hybridized carbons (Fsp3) is 0.667. The van der Waals surface area contributed by atoms with Gasteiger partial charge in [-0.15, -0.1) is 11.3 Å². The molecule has 0 saturated carbocycles. The minimum Gasteiger partial charge on any atom is -0.496 e. The number of aliphatic hydroxyl groups is 1. The highest BCUT2D eigenvalue weighted by Gasteiger charge is 2.24. The number of ether oxygens (including phenoxy) is 1. The molecule has 1 rings (SSSR count). The smallest absolute Gasteiger partial charge is 0.134 e. The van der Waals surface area contributed by atoms with Crippen LogP contribution in [0, 0.1) is 0 Å². The monoisotopic (exact) mass is 243 g/mol. The first-order valence-electron chi connectivity index (χ1n) is 5.67. The Hall–Kier alpha value is -0.580. The van der Waals surface area contributed by atoms with Gasteiger partial charge in [-0.05, 0) is 24.3 Å². The van der Waals surface area contributed by atoms with Crippen LogP contribution in [0.5, 0.6) is 5.75 Å². The summed E-state index contributed by atoms with van der Waals surface area (Å²) in [5, 5.41) is 14.9. The van der Waals surface area contributed by atoms with Gasteiger partial charge in [-0.25, -0.2) is 0 Å². The maximum Gasteiger partial charge on any atom is 0.134 e. The third-order valence-electron chi connectivity index (χ3n) is 3.20. The molecule has 2 N–H and O–H groups in total. The largest absolute Gasteiger partial charge is 0.496 e. The Kier molecular flexibility index (Phi) is 5.25. The fourth-order valence-corrected chi connectivity index (χ4v) is 2.47. The summed E-state index contributed by atoms with van der Waals surface area (Å²) in [6.07, 6.45) is 1.85. The highest BCUT2D eigenvalue weighted by molar-refractivity contribution is 7.10. The van der Waals surface area contributed by atoms with Crippen molar-refractivity contribution >= 4 is 11.3 Å². The summed E-state index contributed by atoms with van der Waals surface area (Å²) in [5.41, 5.74) is -0.158. The van der Waals surface area contributed by atoms with Crippen molar-refractivity contribution in [2.75, 3.05) is 13.7 Å². The van der Waals surface area contributed by atoms with Crippen molar-refractivity contribution in [1.29, 1.82) is 0 Å². The van der Waals surface area contributed by atoms with E-state index in [2.05, 4.69) is 19.2 Å². The molecule has 16 heavy (non-hydrogen) atoms. The van der Waals surface area contributed by atoms with Crippen molar-refractivity contribution in [2.45, 2.75) is 38.8 Å². The predicted octanol–water partition coefficient (Wildman–Crippen LogP) is 2.40. The Bertz CT molecular complexity index is 299. The molecule has 0 aromatic carbocycles. The van der Waals surface area contributed by atoms with E-state index in [0.29, 0.717) is 0 Å². The van der Waals surface area contributed by atoms with Gasteiger partial charge in [0.2, 0.25) is 0 Å². The van der Waals surface area contributed by atoms with Crippen LogP contribution >= 0.6 is 11.3 Å². The molecule has 0 aliphatic heterocycles. The second-order valence-electron chi connectivity index (χ2n) is 3.91. The number of nitrogens with one attached hydrogen (secondary N) is 1. The highest BCUT2D eigenvalue weighted by atomic mass is 32.1. The molecule has 1 heterocycles. The topological polar surface area (TPSA) is 41.5 Å². The molecule has 0 aliphatic rings. The maximum absolute atomic E-state index is 9.44. The standard InChI is InChI=1S/C12H21NO2S/c1-4-12(5-2,9-14)13-8-11-10(15-3)6-7-16-11/h6-7,13-14H,4-5,8-9H2,1-3H3. The lowest BCUT2D eigenvalue weighted by Gasteiger charge is -2.30. The van der Waals surface area contributed by atoms with E-state index in [1.807, 2.05) is 11.4 Å². The molecule has 92 valence electrons. The molecule has 0 unspecified atom stereocenters. The summed E-state index contributed by atoms with van der Waals surface area (Å²) in [7, 11) is 1.69. The molecule has 0 fully saturated rings. The first-order chi connectivity index (χ1) is 7.71. The van der Waals surface area contributed by atoms with Crippen LogP contribution in [0.15, 0.2) is 11.4 Å². The third-order valence-corrected chi connectivity index (χ3v) is 4.11. The lowest BCUT2D eigenvalue weighted by Crippen LogP contribution is -2.46. The van der Waals surface area contributed by atoms with Crippen LogP contribution in [0.25, 0.3) is 0 Å². The van der Waals surface area contributed by atoms with Gasteiger partial charge in [-0.3, -0.25) is 0 Å². The second-order valence-corrected chi connectivity index (χ2v) is 4.91. The third kappa shape index (κ3) is 2.97. The molecule has 0 amide bonds. The maximum atomic E-state index is 9.44. The van der Waals surface area contributed by atoms with Crippen molar-refractivity contribution in [2.24, 2.45) is 0 Å². The van der Waals surface area contributed by atoms with Gasteiger partial charge in [-0.1, -0.05) is 13.8 Å². The van der Waals surface area contributed by atoms with Gasteiger partial charge in [0, 0.05) is 12.1 Å². The summed E-state index contributed by atoms with van der Waals surface area (Å²) in [6, 6.07) is 1.97. The number of thiophene rings is 1. The van der Waals surface area contributed by atoms with E-state index in [1.54, 1.807) is 18.4 Å². The minimum atomic E-state index is -0.158. The first kappa shape index (κ1) is 13.5. The van der Waals surface area contributed by atoms with Gasteiger partial charge in [0.05, 0.1) is 18.6 Å². The Morgan fingerprint density at radius 1 is 1.44 bits per heavy atom. The van der Waals surface area contributed by atoms with Gasteiger partial charge < -0.3 is 15.2 Å². The van der Waals surface area contributed by atoms with E-state index >= 15 is 0 Å². The average molecular weight is 243 g/mol. The molecule has 3 nitrogen and oxygen atoms in total. The Balaban J connectivity index is 2.62. The van der Waals surface area contributed by atoms with Crippen LogP contribution in [-0.2, 0) is 6.54 Å². The van der Waals surface area contributed by atoms with Crippen molar-refractivity contribution in [3.63, 3.8) is 0 Å². The van der Waals surface area contributed by atoms with Crippen molar-refractivity contribution in [3.8, 4) is 5.75 Å². The lowest BCUT2D eigenvalue weighted by molar-refractivity contribution is 0.149. The Morgan fingerprint density at radius 2 is 2.12 bits per heavy atom. The first-order valence-corrected chi connectivity index (χ1v) is 6.55. The number of aliphatic hydroxyl groups excluding tert-OH is 1. The van der Waals surface area contributed by atoms with Crippen molar-refractivity contribution in [1.82, 2.24) is 5.32 Å². The van der Waals surface area contributed by atoms with E-state index < -0.39 is 0 Å². The zero-order chi connectivity index (χ0) is 12.0. The quantitative estimate of drug-likeness (QED) is 0.772. The van der Waals surface area contributed by atoms with Crippen LogP contribution in [-0.4, -0.2) is 24.4 Å². The Labute approximate surface area is 101 Å². The van der Waals surface area contributed by atoms with E-state index in [-0.39, 0.29) is 12.1 Å². The number of hydrogen-bond acceptors (Lipinski definition) is 4. The number of hydrogen-bond donors (Lipinski definition) is 2. The average Bonchev–Trinajstić information content (AvgIpc) is 2.79. The van der Waals surface area contributed by atoms with E-state index in [9.17, 15) is 5.11 Å². The molecule has 0 aliphatic carbocycles. The van der Waals surface area contributed by atoms with Gasteiger partial charge >= 0.3 is 0 Å². The molecule has 0 bridgehead atoms. The minimum absolute atomic E-state index is 0.158. The molecular weight excluding hydrogens is 222 g/mol. The molecule has 0 saturated heterocycles. The molecule has 1 aromatic rings. The highest BCUT2D eigenvalue weighted by Crippen LogP contribution is 2.25. The van der Waals surface area contributed by atoms with E-state index in [0.717, 1.165) is 25.1 Å². The zero-order valence-electron chi connectivity index (χ0n) is 10.2. The lowest BCUT2D eigenvalue weighted by atomic mass is 9.94. The summed E-state index contributed by atoms with van der Waals surface area (Å²) < 4.78 is 5.26. The van der Waals surface area contributed by atoms with Gasteiger partial charge in [0.15, 0.2) is 0 Å². The predicted molar refractivity (Wildman–Crippen MR) is 68.1 cm³/mol. The molecule has 0 atom stereocenters. The van der Waals surface area contributed by atoms with Gasteiger partial charge in [-0.2, -0.15) is 0 Å². The normalized spacial score (nSPS) is 11.8. The zero-order valence-corrected chi connectivity index (χ0v) is 11.1. The molecule has 0 radical (unpaired) electrons. The van der Waals surface area contributed by atoms with Gasteiger partial charge in [0.25, 0.3) is 0 Å². The number of rotatable bonds is 7. The van der Waals surface area contributed by atoms with Crippen LogP contribution in [0.4, 0.5) is 0 Å².